The minimum absolute atomic E-state index is 0. The van der Waals surface area contributed by atoms with E-state index in [4.69, 9.17) is 9.97 Å². The molecule has 7 aromatic carbocycles. The molecule has 3 aromatic heterocycles. The zero-order valence-corrected chi connectivity index (χ0v) is 37.6. The van der Waals surface area contributed by atoms with Crippen molar-refractivity contribution in [1.82, 2.24) is 14.5 Å². The predicted octanol–water partition coefficient (Wildman–Crippen LogP) is 14.0. The van der Waals surface area contributed by atoms with E-state index in [9.17, 15) is 5.11 Å². The van der Waals surface area contributed by atoms with Crippen molar-refractivity contribution < 1.29 is 26.2 Å². The summed E-state index contributed by atoms with van der Waals surface area (Å²) < 4.78 is 2.30. The van der Waals surface area contributed by atoms with Crippen molar-refractivity contribution in [3.63, 3.8) is 0 Å². The van der Waals surface area contributed by atoms with Gasteiger partial charge in [-0.15, -0.1) is 24.3 Å². The molecule has 0 spiro atoms. The van der Waals surface area contributed by atoms with Gasteiger partial charge in [0.2, 0.25) is 0 Å². The summed E-state index contributed by atoms with van der Waals surface area (Å²) in [4.78, 5) is 10.1. The number of aryl methyl sites for hydroxylation is 1. The summed E-state index contributed by atoms with van der Waals surface area (Å²) in [6.45, 7) is 2.05. The molecule has 0 aliphatic heterocycles. The van der Waals surface area contributed by atoms with E-state index < -0.39 is 5.41 Å². The third-order valence-electron chi connectivity index (χ3n) is 12.6. The molecule has 0 radical (unpaired) electrons. The Kier molecular flexibility index (Phi) is 10.6. The Hall–Kier alpha value is -7.39. The Labute approximate surface area is 388 Å². The van der Waals surface area contributed by atoms with Crippen molar-refractivity contribution >= 4 is 0 Å². The van der Waals surface area contributed by atoms with Gasteiger partial charge in [0.1, 0.15) is 5.75 Å². The third kappa shape index (κ3) is 6.92. The Morgan fingerprint density at radius 3 is 1.67 bits per heavy atom. The van der Waals surface area contributed by atoms with Gasteiger partial charge < -0.3 is 9.67 Å². The molecule has 310 valence electrons. The van der Waals surface area contributed by atoms with E-state index in [1.54, 1.807) is 6.07 Å². The molecule has 3 heterocycles. The van der Waals surface area contributed by atoms with Gasteiger partial charge in [0, 0.05) is 62.1 Å². The van der Waals surface area contributed by atoms with Crippen molar-refractivity contribution in [3.05, 3.63) is 246 Å². The summed E-state index contributed by atoms with van der Waals surface area (Å²) in [6.07, 6.45) is 0. The van der Waals surface area contributed by atoms with Crippen LogP contribution in [0.25, 0.3) is 78.5 Å². The Balaban J connectivity index is 0.00000484. The standard InChI is InChI=1S/C59H42N3O.Pt/c1-39-33-45(38-53(60-39)41-19-16-20-42(34-41)54-36-44(40-17-6-3-7-18-40)37-55(61-54)50-26-13-15-28-58(50)63)57-32-31-56(62(57)2)43-29-30-49-48-25-12-14-27-51(48)59(52(49)35-43,46-21-8-4-9-22-46)47-23-10-5-11-24-47;/h3-33,35-38,63H,1-2H3;/q-1;. The Bertz CT molecular complexity index is 3280. The van der Waals surface area contributed by atoms with Gasteiger partial charge in [0.15, 0.2) is 0 Å². The van der Waals surface area contributed by atoms with E-state index in [0.29, 0.717) is 11.3 Å². The molecule has 0 atom stereocenters. The number of phenolic OH excluding ortho intramolecular Hbond substituents is 1. The summed E-state index contributed by atoms with van der Waals surface area (Å²) in [7, 11) is 2.16. The maximum absolute atomic E-state index is 10.8. The van der Waals surface area contributed by atoms with E-state index in [2.05, 4.69) is 176 Å². The molecule has 1 N–H and O–H groups in total. The van der Waals surface area contributed by atoms with Gasteiger partial charge in [-0.2, -0.15) is 0 Å². The van der Waals surface area contributed by atoms with Gasteiger partial charge in [-0.25, -0.2) is 0 Å². The SMILES string of the molecule is Cc1cc(-c2ccc(-c3ccc4c(c3)C(c3ccccc3)(c3ccccc3)c3ccccc3-4)n2C)cc(-c2[c-]c(-c3cc(-c4ccccc4)cc(-c4ccccc4O)n3)ccc2)n1.[Pt]. The summed E-state index contributed by atoms with van der Waals surface area (Å²) >= 11 is 0. The van der Waals surface area contributed by atoms with Crippen LogP contribution < -0.4 is 0 Å². The number of pyridine rings is 2. The first-order valence-electron chi connectivity index (χ1n) is 21.4. The number of nitrogens with zero attached hydrogens (tertiary/aromatic N) is 3. The van der Waals surface area contributed by atoms with Crippen molar-refractivity contribution in [2.45, 2.75) is 12.3 Å². The molecule has 0 amide bonds. The zero-order chi connectivity index (χ0) is 42.5. The zero-order valence-electron chi connectivity index (χ0n) is 35.3. The second-order valence-corrected chi connectivity index (χ2v) is 16.3. The Morgan fingerprint density at radius 1 is 0.438 bits per heavy atom. The molecule has 4 nitrogen and oxygen atoms in total. The molecular weight excluding hydrogens is 962 g/mol. The number of aromatic nitrogens is 3. The van der Waals surface area contributed by atoms with E-state index in [-0.39, 0.29) is 26.8 Å². The number of phenols is 1. The van der Waals surface area contributed by atoms with Crippen LogP contribution >= 0.6 is 0 Å². The molecular formula is C59H42N3OPt-. The molecule has 10 aromatic rings. The van der Waals surface area contributed by atoms with E-state index in [1.165, 1.54) is 33.4 Å². The van der Waals surface area contributed by atoms with Crippen molar-refractivity contribution in [2.75, 3.05) is 0 Å². The van der Waals surface area contributed by atoms with Crippen LogP contribution in [0.5, 0.6) is 5.75 Å². The molecule has 0 bridgehead atoms. The average molecular weight is 1000 g/mol. The van der Waals surface area contributed by atoms with Crippen LogP contribution in [0.1, 0.15) is 27.9 Å². The first kappa shape index (κ1) is 40.7. The van der Waals surface area contributed by atoms with Crippen LogP contribution in [0, 0.1) is 13.0 Å². The van der Waals surface area contributed by atoms with Crippen molar-refractivity contribution in [2.24, 2.45) is 7.05 Å². The van der Waals surface area contributed by atoms with Gasteiger partial charge in [-0.1, -0.05) is 163 Å². The number of benzene rings is 7. The largest absolute Gasteiger partial charge is 0.507 e. The smallest absolute Gasteiger partial charge is 0.124 e. The number of hydrogen-bond donors (Lipinski definition) is 1. The van der Waals surface area contributed by atoms with Gasteiger partial charge in [-0.3, -0.25) is 9.97 Å². The van der Waals surface area contributed by atoms with Crippen LogP contribution in [0.3, 0.4) is 0 Å². The quantitative estimate of drug-likeness (QED) is 0.154. The monoisotopic (exact) mass is 1000 g/mol. The van der Waals surface area contributed by atoms with E-state index in [1.807, 2.05) is 54.6 Å². The molecule has 64 heavy (non-hydrogen) atoms. The fourth-order valence-corrected chi connectivity index (χ4v) is 9.71. The number of para-hydroxylation sites is 1. The molecule has 0 saturated carbocycles. The second kappa shape index (κ2) is 16.7. The molecule has 0 saturated heterocycles. The third-order valence-corrected chi connectivity index (χ3v) is 12.6. The Morgan fingerprint density at radius 2 is 0.984 bits per heavy atom. The van der Waals surface area contributed by atoms with Crippen LogP contribution in [0.4, 0.5) is 0 Å². The number of fused-ring (bicyclic) bond motifs is 3. The fourth-order valence-electron chi connectivity index (χ4n) is 9.71. The van der Waals surface area contributed by atoms with Crippen molar-refractivity contribution in [1.29, 1.82) is 0 Å². The fraction of sp³-hybridized carbons (Fsp3) is 0.0508. The maximum Gasteiger partial charge on any atom is 0.124 e. The first-order valence-corrected chi connectivity index (χ1v) is 21.4. The average Bonchev–Trinajstić information content (AvgIpc) is 3.87. The minimum Gasteiger partial charge on any atom is -0.507 e. The second-order valence-electron chi connectivity index (χ2n) is 16.3. The molecule has 11 rings (SSSR count). The van der Waals surface area contributed by atoms with Crippen molar-refractivity contribution in [3.8, 4) is 84.3 Å². The number of hydrogen-bond acceptors (Lipinski definition) is 3. The van der Waals surface area contributed by atoms with Crippen LogP contribution in [0.2, 0.25) is 0 Å². The van der Waals surface area contributed by atoms with Crippen LogP contribution in [-0.2, 0) is 33.5 Å². The summed E-state index contributed by atoms with van der Waals surface area (Å²) in [5.74, 6) is 0.188. The topological polar surface area (TPSA) is 50.9 Å². The summed E-state index contributed by atoms with van der Waals surface area (Å²) in [5.41, 5.74) is 19.3. The van der Waals surface area contributed by atoms with Crippen LogP contribution in [-0.4, -0.2) is 19.6 Å². The van der Waals surface area contributed by atoms with Gasteiger partial charge in [0.25, 0.3) is 0 Å². The molecule has 5 heteroatoms. The number of rotatable bonds is 8. The molecule has 1 aliphatic rings. The minimum atomic E-state index is -0.468. The maximum atomic E-state index is 10.8. The van der Waals surface area contributed by atoms with Gasteiger partial charge in [0.05, 0.1) is 11.1 Å². The van der Waals surface area contributed by atoms with Crippen LogP contribution in [0.15, 0.2) is 212 Å². The summed E-state index contributed by atoms with van der Waals surface area (Å²) in [5, 5.41) is 10.8. The molecule has 0 fully saturated rings. The molecule has 0 unspecified atom stereocenters. The van der Waals surface area contributed by atoms with E-state index >= 15 is 0 Å². The predicted molar refractivity (Wildman–Crippen MR) is 256 cm³/mol. The first-order chi connectivity index (χ1) is 31.0. The number of aromatic hydroxyl groups is 1. The van der Waals surface area contributed by atoms with E-state index in [0.717, 1.165) is 61.9 Å². The van der Waals surface area contributed by atoms with Gasteiger partial charge in [-0.05, 0) is 105 Å². The molecule has 1 aliphatic carbocycles. The normalized spacial score (nSPS) is 12.3. The van der Waals surface area contributed by atoms with Gasteiger partial charge >= 0.3 is 0 Å². The summed E-state index contributed by atoms with van der Waals surface area (Å²) in [6, 6.07) is 78.1.